The summed E-state index contributed by atoms with van der Waals surface area (Å²) in [5.41, 5.74) is 4.05. The van der Waals surface area contributed by atoms with Crippen molar-refractivity contribution < 1.29 is 14.4 Å². The number of benzene rings is 3. The molecule has 0 aliphatic heterocycles. The Morgan fingerprint density at radius 2 is 1.42 bits per heavy atom. The standard InChI is InChI=1S/C40H48N4O3S/c1-40(2,41-3)25-12-19-37(45)43(4)36(28-31-20-22-33(23-21-31)32-16-10-7-11-17-32)39(47)44(5)35(29-34-18-13-27-48-34)38(46)42-26-24-30-14-8-6-9-15-30/h6-23,27,35-36,41H,24-26,28-29H2,1-5H3,(H,42,46)/t35-,36-/m1/s1. The van der Waals surface area contributed by atoms with Gasteiger partial charge in [0.2, 0.25) is 17.7 Å². The molecule has 48 heavy (non-hydrogen) atoms. The molecule has 2 N–H and O–H groups in total. The maximum absolute atomic E-state index is 14.5. The Morgan fingerprint density at radius 3 is 2.04 bits per heavy atom. The van der Waals surface area contributed by atoms with Crippen LogP contribution in [0.1, 0.15) is 36.3 Å². The number of nitrogens with zero attached hydrogens (tertiary/aromatic N) is 2. The van der Waals surface area contributed by atoms with Gasteiger partial charge in [-0.3, -0.25) is 14.4 Å². The first-order chi connectivity index (χ1) is 23.1. The average molecular weight is 665 g/mol. The zero-order chi connectivity index (χ0) is 34.5. The van der Waals surface area contributed by atoms with E-state index in [1.165, 1.54) is 15.9 Å². The number of hydrogen-bond acceptors (Lipinski definition) is 5. The highest BCUT2D eigenvalue weighted by Gasteiger charge is 2.35. The Morgan fingerprint density at radius 1 is 0.771 bits per heavy atom. The van der Waals surface area contributed by atoms with Crippen LogP contribution in [0, 0.1) is 0 Å². The maximum atomic E-state index is 14.5. The number of nitrogens with one attached hydrogen (secondary N) is 2. The normalized spacial score (nSPS) is 12.8. The summed E-state index contributed by atoms with van der Waals surface area (Å²) in [7, 11) is 5.23. The van der Waals surface area contributed by atoms with Crippen molar-refractivity contribution in [2.45, 2.75) is 57.2 Å². The monoisotopic (exact) mass is 664 g/mol. The molecule has 3 aromatic carbocycles. The fourth-order valence-corrected chi connectivity index (χ4v) is 6.15. The quantitative estimate of drug-likeness (QED) is 0.141. The van der Waals surface area contributed by atoms with Crippen molar-refractivity contribution in [1.82, 2.24) is 20.4 Å². The van der Waals surface area contributed by atoms with E-state index in [1.54, 1.807) is 25.4 Å². The molecule has 0 saturated carbocycles. The van der Waals surface area contributed by atoms with Crippen LogP contribution >= 0.6 is 11.3 Å². The topological polar surface area (TPSA) is 81.8 Å². The minimum atomic E-state index is -0.824. The smallest absolute Gasteiger partial charge is 0.246 e. The van der Waals surface area contributed by atoms with Gasteiger partial charge in [-0.05, 0) is 73.5 Å². The highest BCUT2D eigenvalue weighted by atomic mass is 32.1. The van der Waals surface area contributed by atoms with Crippen LogP contribution in [0.5, 0.6) is 0 Å². The van der Waals surface area contributed by atoms with Gasteiger partial charge in [0.15, 0.2) is 0 Å². The van der Waals surface area contributed by atoms with Gasteiger partial charge < -0.3 is 20.4 Å². The molecule has 0 unspecified atom stereocenters. The van der Waals surface area contributed by atoms with Crippen molar-refractivity contribution in [2.24, 2.45) is 0 Å². The summed E-state index contributed by atoms with van der Waals surface area (Å²) >= 11 is 1.56. The van der Waals surface area contributed by atoms with Gasteiger partial charge >= 0.3 is 0 Å². The van der Waals surface area contributed by atoms with Crippen LogP contribution in [0.2, 0.25) is 0 Å². The first kappa shape index (κ1) is 36.3. The van der Waals surface area contributed by atoms with E-state index in [0.29, 0.717) is 32.2 Å². The molecule has 8 heteroatoms. The molecule has 252 valence electrons. The molecule has 7 nitrogen and oxygen atoms in total. The lowest BCUT2D eigenvalue weighted by atomic mass is 9.98. The lowest BCUT2D eigenvalue weighted by molar-refractivity contribution is -0.146. The van der Waals surface area contributed by atoms with Crippen molar-refractivity contribution in [3.05, 3.63) is 131 Å². The third kappa shape index (κ3) is 10.5. The van der Waals surface area contributed by atoms with Crippen LogP contribution in [0.25, 0.3) is 11.1 Å². The van der Waals surface area contributed by atoms with Crippen molar-refractivity contribution in [3.63, 3.8) is 0 Å². The second-order valence-corrected chi connectivity index (χ2v) is 13.8. The number of likely N-dealkylation sites (N-methyl/N-ethyl adjacent to an activating group) is 2. The van der Waals surface area contributed by atoms with E-state index in [0.717, 1.165) is 27.1 Å². The van der Waals surface area contributed by atoms with Crippen molar-refractivity contribution in [1.29, 1.82) is 0 Å². The average Bonchev–Trinajstić information content (AvgIpc) is 3.63. The highest BCUT2D eigenvalue weighted by molar-refractivity contribution is 7.09. The molecule has 0 spiro atoms. The Balaban J connectivity index is 1.57. The second kappa shape index (κ2) is 17.6. The predicted molar refractivity (Wildman–Crippen MR) is 197 cm³/mol. The number of carbonyl (C=O) groups excluding carboxylic acids is 3. The Labute approximate surface area is 289 Å². The molecule has 0 aliphatic carbocycles. The van der Waals surface area contributed by atoms with E-state index in [9.17, 15) is 14.4 Å². The number of amides is 3. The zero-order valence-electron chi connectivity index (χ0n) is 28.7. The minimum Gasteiger partial charge on any atom is -0.354 e. The molecule has 2 atom stereocenters. The highest BCUT2D eigenvalue weighted by Crippen LogP contribution is 2.22. The van der Waals surface area contributed by atoms with E-state index in [-0.39, 0.29) is 23.3 Å². The van der Waals surface area contributed by atoms with Gasteiger partial charge in [-0.25, -0.2) is 0 Å². The summed E-state index contributed by atoms with van der Waals surface area (Å²) in [6.07, 6.45) is 5.40. The fraction of sp³-hybridized carbons (Fsp3) is 0.325. The Kier molecular flexibility index (Phi) is 13.3. The van der Waals surface area contributed by atoms with Crippen molar-refractivity contribution in [3.8, 4) is 11.1 Å². The summed E-state index contributed by atoms with van der Waals surface area (Å²) in [5.74, 6) is -0.775. The molecule has 3 amide bonds. The fourth-order valence-electron chi connectivity index (χ4n) is 5.41. The predicted octanol–water partition coefficient (Wildman–Crippen LogP) is 6.16. The molecule has 0 radical (unpaired) electrons. The largest absolute Gasteiger partial charge is 0.354 e. The van der Waals surface area contributed by atoms with E-state index in [4.69, 9.17) is 0 Å². The van der Waals surface area contributed by atoms with Crippen LogP contribution in [-0.2, 0) is 33.6 Å². The van der Waals surface area contributed by atoms with Crippen LogP contribution in [-0.4, -0.2) is 72.8 Å². The molecular formula is C40H48N4O3S. The van der Waals surface area contributed by atoms with Gasteiger partial charge in [-0.15, -0.1) is 11.3 Å². The Bertz CT molecular complexity index is 1620. The third-order valence-electron chi connectivity index (χ3n) is 8.80. The Hall–Kier alpha value is -4.53. The molecule has 0 saturated heterocycles. The van der Waals surface area contributed by atoms with Gasteiger partial charge in [0.05, 0.1) is 0 Å². The van der Waals surface area contributed by atoms with Gasteiger partial charge in [0.25, 0.3) is 0 Å². The van der Waals surface area contributed by atoms with E-state index in [2.05, 4.69) is 36.6 Å². The number of carbonyl (C=O) groups is 3. The van der Waals surface area contributed by atoms with Crippen LogP contribution in [0.4, 0.5) is 0 Å². The van der Waals surface area contributed by atoms with Gasteiger partial charge in [0.1, 0.15) is 12.1 Å². The van der Waals surface area contributed by atoms with Crippen molar-refractivity contribution in [2.75, 3.05) is 27.7 Å². The molecule has 0 aliphatic rings. The van der Waals surface area contributed by atoms with Crippen LogP contribution < -0.4 is 10.6 Å². The molecule has 4 rings (SSSR count). The summed E-state index contributed by atoms with van der Waals surface area (Å²) in [6.45, 7) is 4.57. The van der Waals surface area contributed by atoms with Crippen LogP contribution in [0.3, 0.4) is 0 Å². The SMILES string of the molecule is CNC(C)(C)CC=CC(=O)N(C)[C@H](Cc1ccc(-c2ccccc2)cc1)C(=O)N(C)[C@H](Cc1cccs1)C(=O)NCCc1ccccc1. The maximum Gasteiger partial charge on any atom is 0.246 e. The summed E-state index contributed by atoms with van der Waals surface area (Å²) < 4.78 is 0. The zero-order valence-corrected chi connectivity index (χ0v) is 29.5. The van der Waals surface area contributed by atoms with Gasteiger partial charge in [-0.2, -0.15) is 0 Å². The molecule has 0 bridgehead atoms. The van der Waals surface area contributed by atoms with Gasteiger partial charge in [0, 0.05) is 43.9 Å². The third-order valence-corrected chi connectivity index (χ3v) is 9.70. The van der Waals surface area contributed by atoms with E-state index >= 15 is 0 Å². The number of rotatable bonds is 16. The summed E-state index contributed by atoms with van der Waals surface area (Å²) in [4.78, 5) is 45.7. The first-order valence-corrected chi connectivity index (χ1v) is 17.3. The lowest BCUT2D eigenvalue weighted by Crippen LogP contribution is -2.56. The molecule has 0 fully saturated rings. The first-order valence-electron chi connectivity index (χ1n) is 16.5. The van der Waals surface area contributed by atoms with Crippen LogP contribution in [0.15, 0.2) is 115 Å². The molecular weight excluding hydrogens is 617 g/mol. The van der Waals surface area contributed by atoms with E-state index in [1.807, 2.05) is 103 Å². The number of thiophene rings is 1. The lowest BCUT2D eigenvalue weighted by Gasteiger charge is -2.34. The molecule has 1 aromatic heterocycles. The minimum absolute atomic E-state index is 0.172. The number of hydrogen-bond donors (Lipinski definition) is 2. The van der Waals surface area contributed by atoms with E-state index < -0.39 is 12.1 Å². The summed E-state index contributed by atoms with van der Waals surface area (Å²) in [5, 5.41) is 8.27. The van der Waals surface area contributed by atoms with Crippen molar-refractivity contribution >= 4 is 29.1 Å². The van der Waals surface area contributed by atoms with Gasteiger partial charge in [-0.1, -0.05) is 97.1 Å². The molecule has 4 aromatic rings. The molecule has 1 heterocycles. The second-order valence-electron chi connectivity index (χ2n) is 12.7. The summed E-state index contributed by atoms with van der Waals surface area (Å²) in [6, 6.07) is 30.5.